The summed E-state index contributed by atoms with van der Waals surface area (Å²) in [6, 6.07) is 21.1. The number of benzene rings is 3. The van der Waals surface area contributed by atoms with Gasteiger partial charge in [0.05, 0.1) is 17.5 Å². The molecule has 2 bridgehead atoms. The Morgan fingerprint density at radius 1 is 0.677 bits per heavy atom. The van der Waals surface area contributed by atoms with Gasteiger partial charge in [-0.3, -0.25) is 9.59 Å². The van der Waals surface area contributed by atoms with Crippen molar-refractivity contribution in [1.29, 1.82) is 0 Å². The van der Waals surface area contributed by atoms with E-state index in [1.165, 1.54) is 4.90 Å². The van der Waals surface area contributed by atoms with Crippen molar-refractivity contribution < 1.29 is 9.59 Å². The molecule has 154 valence electrons. The van der Waals surface area contributed by atoms with Crippen molar-refractivity contribution in [1.82, 2.24) is 0 Å². The number of hydrogen-bond acceptors (Lipinski definition) is 2. The first-order valence-corrected chi connectivity index (χ1v) is 11.1. The number of alkyl halides is 2. The summed E-state index contributed by atoms with van der Waals surface area (Å²) in [5, 5.41) is 0. The molecule has 31 heavy (non-hydrogen) atoms. The first-order valence-electron chi connectivity index (χ1n) is 10.3. The molecule has 3 nitrogen and oxygen atoms in total. The summed E-state index contributed by atoms with van der Waals surface area (Å²) in [7, 11) is 0. The fraction of sp³-hybridized carbons (Fsp3) is 0.231. The maximum absolute atomic E-state index is 13.9. The lowest BCUT2D eigenvalue weighted by Gasteiger charge is -2.54. The van der Waals surface area contributed by atoms with Gasteiger partial charge in [0.1, 0.15) is 9.75 Å². The zero-order chi connectivity index (χ0) is 21.7. The largest absolute Gasteiger partial charge is 0.274 e. The monoisotopic (exact) mass is 447 g/mol. The van der Waals surface area contributed by atoms with Crippen molar-refractivity contribution in [3.63, 3.8) is 0 Å². The molecule has 0 saturated carbocycles. The number of rotatable bonds is 1. The first-order chi connectivity index (χ1) is 14.8. The normalized spacial score (nSPS) is 30.3. The van der Waals surface area contributed by atoms with E-state index in [0.29, 0.717) is 5.69 Å². The molecule has 1 fully saturated rings. The molecule has 0 N–H and O–H groups in total. The number of aryl methyl sites for hydroxylation is 2. The molecular formula is C26H19Cl2NO2. The molecule has 1 aliphatic heterocycles. The second-order valence-electron chi connectivity index (χ2n) is 8.83. The molecule has 2 atom stereocenters. The molecule has 3 aliphatic carbocycles. The van der Waals surface area contributed by atoms with E-state index >= 15 is 0 Å². The summed E-state index contributed by atoms with van der Waals surface area (Å²) in [4.78, 5) is 26.8. The fourth-order valence-corrected chi connectivity index (χ4v) is 7.10. The van der Waals surface area contributed by atoms with Gasteiger partial charge in [-0.1, -0.05) is 54.6 Å². The molecule has 7 rings (SSSR count). The number of imide groups is 1. The minimum atomic E-state index is -1.14. The molecule has 0 aromatic heterocycles. The van der Waals surface area contributed by atoms with Crippen LogP contribution in [-0.2, 0) is 19.3 Å². The summed E-state index contributed by atoms with van der Waals surface area (Å²) in [6.07, 6.45) is 0. The van der Waals surface area contributed by atoms with E-state index in [2.05, 4.69) is 0 Å². The zero-order valence-electron chi connectivity index (χ0n) is 17.0. The highest BCUT2D eigenvalue weighted by atomic mass is 35.5. The lowest BCUT2D eigenvalue weighted by molar-refractivity contribution is -0.122. The van der Waals surface area contributed by atoms with Crippen LogP contribution in [0.3, 0.4) is 0 Å². The van der Waals surface area contributed by atoms with E-state index in [1.807, 2.05) is 80.6 Å². The number of halogens is 2. The van der Waals surface area contributed by atoms with E-state index in [9.17, 15) is 9.59 Å². The number of carbonyl (C=O) groups is 2. The quantitative estimate of drug-likeness (QED) is 0.369. The minimum absolute atomic E-state index is 0.288. The van der Waals surface area contributed by atoms with Gasteiger partial charge in [-0.15, -0.1) is 23.2 Å². The predicted molar refractivity (Wildman–Crippen MR) is 122 cm³/mol. The van der Waals surface area contributed by atoms with Gasteiger partial charge in [0.25, 0.3) is 0 Å². The van der Waals surface area contributed by atoms with Crippen molar-refractivity contribution in [2.45, 2.75) is 23.6 Å². The highest BCUT2D eigenvalue weighted by molar-refractivity contribution is 6.38. The van der Waals surface area contributed by atoms with E-state index in [0.717, 1.165) is 33.4 Å². The van der Waals surface area contributed by atoms with Gasteiger partial charge in [0, 0.05) is 0 Å². The Hall–Kier alpha value is -2.62. The van der Waals surface area contributed by atoms with Crippen LogP contribution in [0.1, 0.15) is 33.4 Å². The van der Waals surface area contributed by atoms with Gasteiger partial charge < -0.3 is 0 Å². The zero-order valence-corrected chi connectivity index (χ0v) is 18.5. The van der Waals surface area contributed by atoms with Crippen molar-refractivity contribution in [2.24, 2.45) is 11.8 Å². The molecule has 5 heteroatoms. The topological polar surface area (TPSA) is 37.4 Å². The van der Waals surface area contributed by atoms with E-state index in [-0.39, 0.29) is 11.8 Å². The summed E-state index contributed by atoms with van der Waals surface area (Å²) in [6.45, 7) is 3.91. The van der Waals surface area contributed by atoms with Crippen LogP contribution in [0.4, 0.5) is 5.69 Å². The van der Waals surface area contributed by atoms with Gasteiger partial charge in [-0.2, -0.15) is 0 Å². The van der Waals surface area contributed by atoms with Gasteiger partial charge in [0.15, 0.2) is 0 Å². The smallest absolute Gasteiger partial charge is 0.240 e. The second kappa shape index (κ2) is 5.99. The highest BCUT2D eigenvalue weighted by Crippen LogP contribution is 2.69. The Morgan fingerprint density at radius 2 is 1.03 bits per heavy atom. The Morgan fingerprint density at radius 3 is 1.39 bits per heavy atom. The van der Waals surface area contributed by atoms with Crippen LogP contribution in [0.25, 0.3) is 0 Å². The SMILES string of the molecule is Cc1cc(C)cc(N2C(=O)[C@@H]3[C@H](C2=O)C2(Cl)c4ccccc4C3(Cl)c3ccccc32)c1. The summed E-state index contributed by atoms with van der Waals surface area (Å²) in [5.74, 6) is -2.12. The third-order valence-electron chi connectivity index (χ3n) is 7.05. The molecule has 0 unspecified atom stereocenters. The number of hydrogen-bond donors (Lipinski definition) is 0. The minimum Gasteiger partial charge on any atom is -0.274 e. The van der Waals surface area contributed by atoms with Gasteiger partial charge in [0.2, 0.25) is 11.8 Å². The standard InChI is InChI=1S/C26H19Cl2NO2/c1-14-11-15(2)13-16(12-14)29-23(30)21-22(24(29)31)26(28)18-8-4-3-7-17(18)25(21,27)19-9-5-6-10-20(19)26/h3-13,21-22H,1-2H3/t21-,22+,25?,26?. The lowest BCUT2D eigenvalue weighted by atomic mass is 9.54. The van der Waals surface area contributed by atoms with Crippen LogP contribution < -0.4 is 4.90 Å². The second-order valence-corrected chi connectivity index (χ2v) is 10.0. The van der Waals surface area contributed by atoms with E-state index < -0.39 is 21.6 Å². The Labute approximate surface area is 190 Å². The molecule has 1 heterocycles. The summed E-state index contributed by atoms with van der Waals surface area (Å²) < 4.78 is 0. The van der Waals surface area contributed by atoms with Crippen LogP contribution in [0.5, 0.6) is 0 Å². The number of amides is 2. The van der Waals surface area contributed by atoms with E-state index in [4.69, 9.17) is 23.2 Å². The number of anilines is 1. The van der Waals surface area contributed by atoms with E-state index in [1.54, 1.807) is 0 Å². The van der Waals surface area contributed by atoms with Crippen molar-refractivity contribution >= 4 is 40.7 Å². The maximum Gasteiger partial charge on any atom is 0.240 e. The van der Waals surface area contributed by atoms with Gasteiger partial charge in [-0.05, 0) is 59.4 Å². The molecule has 3 aromatic carbocycles. The van der Waals surface area contributed by atoms with Crippen LogP contribution in [0.15, 0.2) is 66.7 Å². The molecule has 2 amide bonds. The van der Waals surface area contributed by atoms with Crippen LogP contribution in [0.2, 0.25) is 0 Å². The maximum atomic E-state index is 13.9. The van der Waals surface area contributed by atoms with Crippen LogP contribution in [-0.4, -0.2) is 11.8 Å². The Bertz CT molecular complexity index is 1170. The third kappa shape index (κ3) is 2.11. The molecule has 0 radical (unpaired) electrons. The van der Waals surface area contributed by atoms with Crippen LogP contribution in [0, 0.1) is 25.7 Å². The average molecular weight is 448 g/mol. The summed E-state index contributed by atoms with van der Waals surface area (Å²) >= 11 is 14.9. The lowest BCUT2D eigenvalue weighted by Crippen LogP contribution is -2.57. The van der Waals surface area contributed by atoms with Crippen molar-refractivity contribution in [3.8, 4) is 0 Å². The third-order valence-corrected chi connectivity index (χ3v) is 8.33. The molecule has 1 saturated heterocycles. The van der Waals surface area contributed by atoms with Crippen molar-refractivity contribution in [2.75, 3.05) is 4.90 Å². The molecule has 0 spiro atoms. The molecular weight excluding hydrogens is 429 g/mol. The highest BCUT2D eigenvalue weighted by Gasteiger charge is 2.73. The molecule has 3 aromatic rings. The number of nitrogens with zero attached hydrogens (tertiary/aromatic N) is 1. The predicted octanol–water partition coefficient (Wildman–Crippen LogP) is 5.40. The molecule has 4 aliphatic rings. The van der Waals surface area contributed by atoms with Gasteiger partial charge in [-0.25, -0.2) is 4.90 Å². The average Bonchev–Trinajstić information content (AvgIpc) is 3.02. The Kier molecular flexibility index (Phi) is 3.69. The number of carbonyl (C=O) groups excluding carboxylic acids is 2. The summed E-state index contributed by atoms with van der Waals surface area (Å²) in [5.41, 5.74) is 5.81. The van der Waals surface area contributed by atoms with Crippen LogP contribution >= 0.6 is 23.2 Å². The fourth-order valence-electron chi connectivity index (χ4n) is 6.00. The van der Waals surface area contributed by atoms with Crippen molar-refractivity contribution in [3.05, 3.63) is 100 Å². The Balaban J connectivity index is 1.66. The van der Waals surface area contributed by atoms with Gasteiger partial charge >= 0.3 is 0 Å². The first kappa shape index (κ1) is 19.1.